The number of amidine groups is 1. The van der Waals surface area contributed by atoms with E-state index in [1.54, 1.807) is 19.1 Å². The van der Waals surface area contributed by atoms with Gasteiger partial charge in [0.05, 0.1) is 5.92 Å². The van der Waals surface area contributed by atoms with E-state index >= 15 is 0 Å². The zero-order valence-corrected chi connectivity index (χ0v) is 11.0. The summed E-state index contributed by atoms with van der Waals surface area (Å²) in [6.07, 6.45) is 0.446. The molecule has 0 aromatic heterocycles. The van der Waals surface area contributed by atoms with E-state index in [0.717, 1.165) is 5.56 Å². The third-order valence-electron chi connectivity index (χ3n) is 2.64. The Morgan fingerprint density at radius 2 is 2.28 bits per heavy atom. The summed E-state index contributed by atoms with van der Waals surface area (Å²) < 4.78 is 0. The van der Waals surface area contributed by atoms with E-state index in [-0.39, 0.29) is 11.7 Å². The minimum Gasteiger partial charge on any atom is -0.409 e. The standard InChI is InChI=1S/C12H16ClN3O2/c1-3-9(11(14)16-18)12(17)15-8-5-4-7(2)10(13)6-8/h4-6,9,18H,3H2,1-2H3,(H2,14,16)(H,15,17). The van der Waals surface area contributed by atoms with Gasteiger partial charge in [-0.3, -0.25) is 4.79 Å². The highest BCUT2D eigenvalue weighted by Crippen LogP contribution is 2.20. The summed E-state index contributed by atoms with van der Waals surface area (Å²) in [5.74, 6) is -1.09. The molecule has 1 rings (SSSR count). The van der Waals surface area contributed by atoms with Gasteiger partial charge in [0, 0.05) is 10.7 Å². The van der Waals surface area contributed by atoms with Crippen molar-refractivity contribution in [3.63, 3.8) is 0 Å². The Balaban J connectivity index is 2.83. The van der Waals surface area contributed by atoms with Gasteiger partial charge in [-0.25, -0.2) is 0 Å². The fraction of sp³-hybridized carbons (Fsp3) is 0.333. The maximum atomic E-state index is 11.9. The third-order valence-corrected chi connectivity index (χ3v) is 3.04. The van der Waals surface area contributed by atoms with E-state index in [4.69, 9.17) is 22.5 Å². The lowest BCUT2D eigenvalue weighted by atomic mass is 10.0. The third kappa shape index (κ3) is 3.37. The Kier molecular flexibility index (Phi) is 4.97. The average Bonchev–Trinajstić information content (AvgIpc) is 2.34. The van der Waals surface area contributed by atoms with Crippen molar-refractivity contribution in [3.8, 4) is 0 Å². The molecule has 4 N–H and O–H groups in total. The van der Waals surface area contributed by atoms with Crippen LogP contribution >= 0.6 is 11.6 Å². The van der Waals surface area contributed by atoms with Crippen molar-refractivity contribution in [1.82, 2.24) is 0 Å². The fourth-order valence-corrected chi connectivity index (χ4v) is 1.68. The summed E-state index contributed by atoms with van der Waals surface area (Å²) in [5, 5.41) is 14.7. The number of amides is 1. The summed E-state index contributed by atoms with van der Waals surface area (Å²) >= 11 is 5.96. The van der Waals surface area contributed by atoms with Crippen LogP contribution in [0.1, 0.15) is 18.9 Å². The lowest BCUT2D eigenvalue weighted by Crippen LogP contribution is -2.34. The van der Waals surface area contributed by atoms with Crippen molar-refractivity contribution >= 4 is 29.0 Å². The van der Waals surface area contributed by atoms with E-state index in [1.165, 1.54) is 0 Å². The van der Waals surface area contributed by atoms with Crippen molar-refractivity contribution < 1.29 is 10.0 Å². The molecule has 1 atom stereocenters. The molecule has 1 unspecified atom stereocenters. The van der Waals surface area contributed by atoms with Crippen LogP contribution in [-0.2, 0) is 4.79 Å². The normalized spacial score (nSPS) is 13.2. The molecular weight excluding hydrogens is 254 g/mol. The molecule has 5 nitrogen and oxygen atoms in total. The minimum atomic E-state index is -0.657. The number of nitrogens with one attached hydrogen (secondary N) is 1. The molecule has 0 saturated carbocycles. The average molecular weight is 270 g/mol. The minimum absolute atomic E-state index is 0.104. The Labute approximate surface area is 111 Å². The molecule has 0 aliphatic carbocycles. The number of hydrogen-bond acceptors (Lipinski definition) is 3. The monoisotopic (exact) mass is 269 g/mol. The van der Waals surface area contributed by atoms with Crippen molar-refractivity contribution in [1.29, 1.82) is 0 Å². The largest absolute Gasteiger partial charge is 0.409 e. The Morgan fingerprint density at radius 3 is 2.78 bits per heavy atom. The van der Waals surface area contributed by atoms with Crippen LogP contribution in [0.2, 0.25) is 5.02 Å². The van der Waals surface area contributed by atoms with Gasteiger partial charge in [-0.15, -0.1) is 0 Å². The van der Waals surface area contributed by atoms with Crippen LogP contribution in [0, 0.1) is 12.8 Å². The first-order valence-electron chi connectivity index (χ1n) is 5.54. The Hall–Kier alpha value is -1.75. The van der Waals surface area contributed by atoms with Gasteiger partial charge in [0.15, 0.2) is 5.84 Å². The van der Waals surface area contributed by atoms with Crippen molar-refractivity contribution in [2.75, 3.05) is 5.32 Å². The van der Waals surface area contributed by atoms with E-state index in [2.05, 4.69) is 10.5 Å². The molecule has 1 aromatic carbocycles. The van der Waals surface area contributed by atoms with Crippen LogP contribution in [0.3, 0.4) is 0 Å². The van der Waals surface area contributed by atoms with Crippen LogP contribution in [-0.4, -0.2) is 17.0 Å². The number of carbonyl (C=O) groups excluding carboxylic acids is 1. The number of rotatable bonds is 4. The first-order chi connectivity index (χ1) is 8.49. The molecule has 1 amide bonds. The zero-order chi connectivity index (χ0) is 13.7. The molecular formula is C12H16ClN3O2. The number of oxime groups is 1. The van der Waals surface area contributed by atoms with Crippen LogP contribution < -0.4 is 11.1 Å². The fourth-order valence-electron chi connectivity index (χ4n) is 1.50. The van der Waals surface area contributed by atoms with Crippen LogP contribution in [0.15, 0.2) is 23.4 Å². The second kappa shape index (κ2) is 6.26. The highest BCUT2D eigenvalue weighted by molar-refractivity contribution is 6.31. The Bertz CT molecular complexity index is 474. The quantitative estimate of drug-likeness (QED) is 0.339. The molecule has 0 bridgehead atoms. The first-order valence-corrected chi connectivity index (χ1v) is 5.91. The van der Waals surface area contributed by atoms with Gasteiger partial charge in [0.25, 0.3) is 0 Å². The van der Waals surface area contributed by atoms with E-state index in [1.807, 2.05) is 13.0 Å². The summed E-state index contributed by atoms with van der Waals surface area (Å²) in [6.45, 7) is 3.66. The molecule has 0 radical (unpaired) electrons. The maximum absolute atomic E-state index is 11.9. The predicted molar refractivity (Wildman–Crippen MR) is 72.0 cm³/mol. The van der Waals surface area contributed by atoms with Gasteiger partial charge in [-0.1, -0.05) is 29.7 Å². The molecule has 6 heteroatoms. The molecule has 0 saturated heterocycles. The van der Waals surface area contributed by atoms with Gasteiger partial charge in [0.2, 0.25) is 5.91 Å². The van der Waals surface area contributed by atoms with Gasteiger partial charge < -0.3 is 16.3 Å². The van der Waals surface area contributed by atoms with Crippen molar-refractivity contribution in [2.45, 2.75) is 20.3 Å². The first kappa shape index (κ1) is 14.3. The number of anilines is 1. The molecule has 0 fully saturated rings. The van der Waals surface area contributed by atoms with Gasteiger partial charge >= 0.3 is 0 Å². The van der Waals surface area contributed by atoms with Crippen LogP contribution in [0.4, 0.5) is 5.69 Å². The lowest BCUT2D eigenvalue weighted by molar-refractivity contribution is -0.118. The summed E-state index contributed by atoms with van der Waals surface area (Å²) in [5.41, 5.74) is 6.96. The number of nitrogens with zero attached hydrogens (tertiary/aromatic N) is 1. The molecule has 1 aromatic rings. The number of nitrogens with two attached hydrogens (primary N) is 1. The number of carbonyl (C=O) groups is 1. The van der Waals surface area contributed by atoms with Crippen LogP contribution in [0.5, 0.6) is 0 Å². The highest BCUT2D eigenvalue weighted by Gasteiger charge is 2.21. The smallest absolute Gasteiger partial charge is 0.235 e. The number of halogens is 1. The van der Waals surface area contributed by atoms with E-state index in [9.17, 15) is 4.79 Å². The second-order valence-electron chi connectivity index (χ2n) is 3.94. The summed E-state index contributed by atoms with van der Waals surface area (Å²) in [7, 11) is 0. The van der Waals surface area contributed by atoms with Crippen molar-refractivity contribution in [2.24, 2.45) is 16.8 Å². The van der Waals surface area contributed by atoms with Gasteiger partial charge in [-0.05, 0) is 31.0 Å². The topological polar surface area (TPSA) is 87.7 Å². The lowest BCUT2D eigenvalue weighted by Gasteiger charge is -2.13. The maximum Gasteiger partial charge on any atom is 0.235 e. The summed E-state index contributed by atoms with van der Waals surface area (Å²) in [6, 6.07) is 5.22. The van der Waals surface area contributed by atoms with Crippen LogP contribution in [0.25, 0.3) is 0 Å². The zero-order valence-electron chi connectivity index (χ0n) is 10.3. The summed E-state index contributed by atoms with van der Waals surface area (Å²) in [4.78, 5) is 11.9. The molecule has 18 heavy (non-hydrogen) atoms. The van der Waals surface area contributed by atoms with Crippen molar-refractivity contribution in [3.05, 3.63) is 28.8 Å². The van der Waals surface area contributed by atoms with E-state index < -0.39 is 5.92 Å². The van der Waals surface area contributed by atoms with E-state index in [0.29, 0.717) is 17.1 Å². The SMILES string of the molecule is CCC(C(=O)Nc1ccc(C)c(Cl)c1)C(N)=NO. The molecule has 0 aliphatic rings. The molecule has 0 spiro atoms. The highest BCUT2D eigenvalue weighted by atomic mass is 35.5. The molecule has 98 valence electrons. The number of hydrogen-bond donors (Lipinski definition) is 3. The second-order valence-corrected chi connectivity index (χ2v) is 4.35. The molecule has 0 aliphatic heterocycles. The number of benzene rings is 1. The predicted octanol–water partition coefficient (Wildman–Crippen LogP) is 2.36. The Morgan fingerprint density at radius 1 is 1.61 bits per heavy atom. The number of aryl methyl sites for hydroxylation is 1. The van der Waals surface area contributed by atoms with Gasteiger partial charge in [-0.2, -0.15) is 0 Å². The molecule has 0 heterocycles. The van der Waals surface area contributed by atoms with Gasteiger partial charge in [0.1, 0.15) is 0 Å².